The SMILES string of the molecule is Cc1cc(C(O)NCC2CSCCCN2)nc2c(C(C)(C)C)cc(NCC(F)(F)F)cc12. The van der Waals surface area contributed by atoms with Crippen LogP contribution in [0, 0.1) is 6.92 Å². The maximum atomic E-state index is 12.7. The van der Waals surface area contributed by atoms with Gasteiger partial charge in [0.25, 0.3) is 0 Å². The second-order valence-corrected chi connectivity index (χ2v) is 10.5. The van der Waals surface area contributed by atoms with Gasteiger partial charge < -0.3 is 15.7 Å². The molecule has 2 aromatic rings. The number of nitrogens with zero attached hydrogens (tertiary/aromatic N) is 1. The van der Waals surface area contributed by atoms with Crippen molar-refractivity contribution >= 4 is 28.4 Å². The number of halogens is 3. The second kappa shape index (κ2) is 10.2. The lowest BCUT2D eigenvalue weighted by Gasteiger charge is -2.24. The number of hydrogen-bond acceptors (Lipinski definition) is 6. The molecule has 1 saturated heterocycles. The number of aliphatic hydroxyl groups is 1. The highest BCUT2D eigenvalue weighted by Gasteiger charge is 2.27. The van der Waals surface area contributed by atoms with Gasteiger partial charge in [0, 0.05) is 29.4 Å². The molecule has 0 bridgehead atoms. The zero-order chi connectivity index (χ0) is 23.5. The Hall–Kier alpha value is -1.55. The Morgan fingerprint density at radius 1 is 1.25 bits per heavy atom. The highest BCUT2D eigenvalue weighted by atomic mass is 32.2. The molecule has 0 aliphatic carbocycles. The number of thioether (sulfide) groups is 1. The van der Waals surface area contributed by atoms with Crippen LogP contribution in [-0.2, 0) is 5.41 Å². The number of hydrogen-bond donors (Lipinski definition) is 4. The Morgan fingerprint density at radius 3 is 2.69 bits per heavy atom. The third-order valence-electron chi connectivity index (χ3n) is 5.50. The lowest BCUT2D eigenvalue weighted by atomic mass is 9.84. The molecule has 0 amide bonds. The number of pyridine rings is 1. The summed E-state index contributed by atoms with van der Waals surface area (Å²) < 4.78 is 38.2. The van der Waals surface area contributed by atoms with Crippen molar-refractivity contribution in [1.82, 2.24) is 15.6 Å². The molecule has 5 nitrogen and oxygen atoms in total. The number of anilines is 1. The van der Waals surface area contributed by atoms with Gasteiger partial charge in [-0.15, -0.1) is 0 Å². The first-order valence-electron chi connectivity index (χ1n) is 10.9. The average Bonchev–Trinajstić information content (AvgIpc) is 2.97. The summed E-state index contributed by atoms with van der Waals surface area (Å²) in [6, 6.07) is 5.52. The van der Waals surface area contributed by atoms with Gasteiger partial charge in [-0.05, 0) is 60.4 Å². The van der Waals surface area contributed by atoms with Crippen LogP contribution in [0.3, 0.4) is 0 Å². The van der Waals surface area contributed by atoms with Crippen molar-refractivity contribution in [1.29, 1.82) is 0 Å². The van der Waals surface area contributed by atoms with Gasteiger partial charge in [-0.25, -0.2) is 4.98 Å². The topological polar surface area (TPSA) is 69.2 Å². The number of fused-ring (bicyclic) bond motifs is 1. The van der Waals surface area contributed by atoms with Crippen LogP contribution in [0.2, 0.25) is 0 Å². The van der Waals surface area contributed by atoms with Crippen LogP contribution in [0.15, 0.2) is 18.2 Å². The third-order valence-corrected chi connectivity index (χ3v) is 6.71. The maximum Gasteiger partial charge on any atom is 0.405 e. The van der Waals surface area contributed by atoms with Gasteiger partial charge in [0.15, 0.2) is 0 Å². The maximum absolute atomic E-state index is 12.7. The van der Waals surface area contributed by atoms with Gasteiger partial charge >= 0.3 is 6.18 Å². The Labute approximate surface area is 191 Å². The first-order valence-corrected chi connectivity index (χ1v) is 12.1. The minimum absolute atomic E-state index is 0.283. The fraction of sp³-hybridized carbons (Fsp3) is 0.609. The smallest absolute Gasteiger partial charge is 0.376 e. The summed E-state index contributed by atoms with van der Waals surface area (Å²) >= 11 is 1.91. The van der Waals surface area contributed by atoms with Gasteiger partial charge in [-0.1, -0.05) is 20.8 Å². The highest BCUT2D eigenvalue weighted by molar-refractivity contribution is 7.99. The Bertz CT molecular complexity index is 922. The van der Waals surface area contributed by atoms with Gasteiger partial charge in [0.05, 0.1) is 11.2 Å². The molecule has 1 aliphatic heterocycles. The average molecular weight is 471 g/mol. The van der Waals surface area contributed by atoms with E-state index in [0.29, 0.717) is 23.4 Å². The molecule has 9 heteroatoms. The second-order valence-electron chi connectivity index (χ2n) is 9.39. The quantitative estimate of drug-likeness (QED) is 0.467. The van der Waals surface area contributed by atoms with Gasteiger partial charge in [0.1, 0.15) is 12.8 Å². The molecule has 32 heavy (non-hydrogen) atoms. The van der Waals surface area contributed by atoms with Gasteiger partial charge in [-0.2, -0.15) is 24.9 Å². The molecule has 4 N–H and O–H groups in total. The molecule has 0 saturated carbocycles. The van der Waals surface area contributed by atoms with E-state index < -0.39 is 18.9 Å². The van der Waals surface area contributed by atoms with E-state index in [-0.39, 0.29) is 11.5 Å². The first kappa shape index (κ1) is 25.1. The molecular formula is C23H33F3N4OS. The standard InChI is InChI=1S/C23H33F3N4OS/c1-14-8-19(21(31)28-11-16-12-32-7-5-6-27-16)30-20-17(14)9-15(29-13-23(24,25)26)10-18(20)22(2,3)4/h8-10,16,21,27-29,31H,5-7,11-13H2,1-4H3. The largest absolute Gasteiger partial charge is 0.405 e. The molecule has 0 spiro atoms. The van der Waals surface area contributed by atoms with E-state index >= 15 is 0 Å². The van der Waals surface area contributed by atoms with Crippen molar-refractivity contribution in [3.8, 4) is 0 Å². The summed E-state index contributed by atoms with van der Waals surface area (Å²) in [5.41, 5.74) is 2.97. The van der Waals surface area contributed by atoms with Crippen LogP contribution in [0.25, 0.3) is 10.9 Å². The summed E-state index contributed by atoms with van der Waals surface area (Å²) in [7, 11) is 0. The van der Waals surface area contributed by atoms with E-state index in [1.165, 1.54) is 0 Å². The zero-order valence-electron chi connectivity index (χ0n) is 19.1. The third kappa shape index (κ3) is 6.73. The first-order chi connectivity index (χ1) is 14.9. The number of alkyl halides is 3. The molecule has 3 rings (SSSR count). The lowest BCUT2D eigenvalue weighted by Crippen LogP contribution is -2.41. The molecule has 1 aromatic heterocycles. The number of aryl methyl sites for hydroxylation is 1. The van der Waals surface area contributed by atoms with E-state index in [4.69, 9.17) is 4.98 Å². The van der Waals surface area contributed by atoms with E-state index in [2.05, 4.69) is 16.0 Å². The molecule has 2 unspecified atom stereocenters. The van der Waals surface area contributed by atoms with Crippen molar-refractivity contribution < 1.29 is 18.3 Å². The fourth-order valence-electron chi connectivity index (χ4n) is 3.79. The van der Waals surface area contributed by atoms with Gasteiger partial charge in [0.2, 0.25) is 0 Å². The van der Waals surface area contributed by atoms with E-state index in [9.17, 15) is 18.3 Å². The molecule has 1 aliphatic rings. The Kier molecular flexibility index (Phi) is 7.96. The van der Waals surface area contributed by atoms with E-state index in [0.717, 1.165) is 41.0 Å². The minimum Gasteiger partial charge on any atom is -0.376 e. The summed E-state index contributed by atoms with van der Waals surface area (Å²) in [5.74, 6) is 2.14. The number of benzene rings is 1. The van der Waals surface area contributed by atoms with E-state index in [1.807, 2.05) is 39.5 Å². The van der Waals surface area contributed by atoms with Crippen LogP contribution in [0.1, 0.15) is 50.2 Å². The lowest BCUT2D eigenvalue weighted by molar-refractivity contribution is -0.115. The molecule has 1 aromatic carbocycles. The molecule has 2 atom stereocenters. The minimum atomic E-state index is -4.30. The summed E-state index contributed by atoms with van der Waals surface area (Å²) in [6.45, 7) is 8.41. The number of aromatic nitrogens is 1. The Morgan fingerprint density at radius 2 is 2.00 bits per heavy atom. The highest BCUT2D eigenvalue weighted by Crippen LogP contribution is 2.34. The molecule has 0 radical (unpaired) electrons. The van der Waals surface area contributed by atoms with Crippen LogP contribution in [0.4, 0.5) is 18.9 Å². The van der Waals surface area contributed by atoms with Crippen molar-refractivity contribution in [2.24, 2.45) is 0 Å². The molecule has 2 heterocycles. The zero-order valence-corrected chi connectivity index (χ0v) is 19.9. The summed E-state index contributed by atoms with van der Waals surface area (Å²) in [5, 5.41) is 20.7. The van der Waals surface area contributed by atoms with E-state index in [1.54, 1.807) is 18.2 Å². The summed E-state index contributed by atoms with van der Waals surface area (Å²) in [4.78, 5) is 4.75. The van der Waals surface area contributed by atoms with Crippen molar-refractivity contribution in [3.63, 3.8) is 0 Å². The van der Waals surface area contributed by atoms with Crippen molar-refractivity contribution in [3.05, 3.63) is 35.0 Å². The summed E-state index contributed by atoms with van der Waals surface area (Å²) in [6.07, 6.45) is -4.08. The number of aliphatic hydroxyl groups excluding tert-OH is 1. The van der Waals surface area contributed by atoms with Crippen LogP contribution in [-0.4, -0.2) is 53.4 Å². The molecule has 178 valence electrons. The molecule has 1 fully saturated rings. The van der Waals surface area contributed by atoms with Crippen molar-refractivity contribution in [2.75, 3.05) is 36.5 Å². The molecular weight excluding hydrogens is 437 g/mol. The van der Waals surface area contributed by atoms with Crippen LogP contribution < -0.4 is 16.0 Å². The Balaban J connectivity index is 1.89. The van der Waals surface area contributed by atoms with Gasteiger partial charge in [-0.3, -0.25) is 5.32 Å². The van der Waals surface area contributed by atoms with Crippen molar-refractivity contribution in [2.45, 2.75) is 58.0 Å². The van der Waals surface area contributed by atoms with Crippen LogP contribution in [0.5, 0.6) is 0 Å². The number of nitrogens with one attached hydrogen (secondary N) is 3. The predicted octanol–water partition coefficient (Wildman–Crippen LogP) is 4.49. The monoisotopic (exact) mass is 470 g/mol. The predicted molar refractivity (Wildman–Crippen MR) is 126 cm³/mol. The number of rotatable bonds is 6. The fourth-order valence-corrected chi connectivity index (χ4v) is 4.82. The van der Waals surface area contributed by atoms with Crippen LogP contribution >= 0.6 is 11.8 Å². The normalized spacial score (nSPS) is 19.1.